The number of halogens is 3. The number of hydrogen-bond acceptors (Lipinski definition) is 5. The molecule has 0 spiro atoms. The fraction of sp³-hybridized carbons (Fsp3) is 0.200. The Hall–Kier alpha value is -4.01. The van der Waals surface area contributed by atoms with Gasteiger partial charge in [0, 0.05) is 23.1 Å². The smallest absolute Gasteiger partial charge is 0.416 e. The molecule has 2 aromatic heterocycles. The normalized spacial score (nSPS) is 12.5. The van der Waals surface area contributed by atoms with Gasteiger partial charge in [-0.1, -0.05) is 29.4 Å². The maximum Gasteiger partial charge on any atom is 0.416 e. The minimum atomic E-state index is -4.39. The number of aryl methyl sites for hydroxylation is 1. The van der Waals surface area contributed by atoms with Crippen molar-refractivity contribution in [1.82, 2.24) is 5.16 Å². The number of furan rings is 1. The van der Waals surface area contributed by atoms with Crippen molar-refractivity contribution in [2.75, 3.05) is 0 Å². The first-order valence-electron chi connectivity index (χ1n) is 10.3. The molecule has 0 saturated heterocycles. The topological polar surface area (TPSA) is 85.7 Å². The highest BCUT2D eigenvalue weighted by Gasteiger charge is 2.30. The molecule has 0 bridgehead atoms. The molecule has 9 heteroatoms. The van der Waals surface area contributed by atoms with Crippen LogP contribution in [0.1, 0.15) is 40.5 Å². The number of alkyl halides is 3. The minimum Gasteiger partial charge on any atom is -0.489 e. The van der Waals surface area contributed by atoms with Crippen LogP contribution in [0.5, 0.6) is 5.75 Å². The Morgan fingerprint density at radius 1 is 1.09 bits per heavy atom. The Kier molecular flexibility index (Phi) is 6.45. The summed E-state index contributed by atoms with van der Waals surface area (Å²) >= 11 is 0. The summed E-state index contributed by atoms with van der Waals surface area (Å²) in [5.41, 5.74) is 1.85. The van der Waals surface area contributed by atoms with Gasteiger partial charge in [0.05, 0.1) is 17.7 Å². The molecule has 176 valence electrons. The predicted molar refractivity (Wildman–Crippen MR) is 115 cm³/mol. The third kappa shape index (κ3) is 5.31. The lowest BCUT2D eigenvalue weighted by molar-refractivity contribution is -0.138. The molecule has 0 amide bonds. The van der Waals surface area contributed by atoms with Gasteiger partial charge < -0.3 is 18.8 Å². The van der Waals surface area contributed by atoms with Crippen molar-refractivity contribution in [3.8, 4) is 17.1 Å². The molecule has 0 radical (unpaired) electrons. The molecular formula is C25H20F3NO5. The number of hydrogen-bond donors (Lipinski definition) is 1. The Balaban J connectivity index is 1.44. The molecule has 1 atom stereocenters. The van der Waals surface area contributed by atoms with Crippen molar-refractivity contribution in [3.63, 3.8) is 0 Å². The Morgan fingerprint density at radius 3 is 2.38 bits per heavy atom. The van der Waals surface area contributed by atoms with E-state index in [-0.39, 0.29) is 13.0 Å². The van der Waals surface area contributed by atoms with E-state index in [0.717, 1.165) is 23.3 Å². The lowest BCUT2D eigenvalue weighted by Gasteiger charge is -2.13. The lowest BCUT2D eigenvalue weighted by atomic mass is 9.92. The largest absolute Gasteiger partial charge is 0.489 e. The molecule has 1 unspecified atom stereocenters. The SMILES string of the molecule is Cc1oc(-c2ccc(C(F)(F)F)cc2)cc1COc1ccc(C(CC(=O)O)c2ccon2)cc1. The summed E-state index contributed by atoms with van der Waals surface area (Å²) in [5.74, 6) is 0.207. The molecule has 2 aromatic carbocycles. The van der Waals surface area contributed by atoms with Crippen molar-refractivity contribution < 1.29 is 36.7 Å². The molecule has 1 N–H and O–H groups in total. The molecular weight excluding hydrogens is 451 g/mol. The van der Waals surface area contributed by atoms with Crippen LogP contribution >= 0.6 is 0 Å². The third-order valence-electron chi connectivity index (χ3n) is 5.39. The van der Waals surface area contributed by atoms with Gasteiger partial charge in [0.1, 0.15) is 30.1 Å². The second-order valence-electron chi connectivity index (χ2n) is 7.70. The van der Waals surface area contributed by atoms with Gasteiger partial charge in [-0.3, -0.25) is 4.79 Å². The van der Waals surface area contributed by atoms with E-state index in [0.29, 0.717) is 28.5 Å². The van der Waals surface area contributed by atoms with Gasteiger partial charge in [0.25, 0.3) is 0 Å². The number of benzene rings is 2. The van der Waals surface area contributed by atoms with Crippen LogP contribution in [0.25, 0.3) is 11.3 Å². The number of rotatable bonds is 8. The Labute approximate surface area is 192 Å². The van der Waals surface area contributed by atoms with E-state index in [9.17, 15) is 23.1 Å². The molecule has 4 aromatic rings. The lowest BCUT2D eigenvalue weighted by Crippen LogP contribution is -2.08. The molecule has 0 aliphatic heterocycles. The quantitative estimate of drug-likeness (QED) is 0.318. The standard InChI is InChI=1S/C25H20F3NO5/c1-15-18(12-23(34-15)17-2-6-19(7-3-17)25(26,27)28)14-32-20-8-4-16(5-9-20)21(13-24(30)31)22-10-11-33-29-22/h2-12,21H,13-14H2,1H3,(H,30,31). The van der Waals surface area contributed by atoms with Crippen molar-refractivity contribution in [2.24, 2.45) is 0 Å². The first kappa shape index (κ1) is 23.2. The van der Waals surface area contributed by atoms with Crippen LogP contribution in [0, 0.1) is 6.92 Å². The number of ether oxygens (including phenoxy) is 1. The van der Waals surface area contributed by atoms with Crippen LogP contribution in [0.15, 0.2) is 75.9 Å². The summed E-state index contributed by atoms with van der Waals surface area (Å²) < 4.78 is 54.7. The molecule has 2 heterocycles. The van der Waals surface area contributed by atoms with E-state index in [1.54, 1.807) is 43.3 Å². The summed E-state index contributed by atoms with van der Waals surface area (Å²) in [4.78, 5) is 11.3. The molecule has 0 saturated carbocycles. The van der Waals surface area contributed by atoms with Gasteiger partial charge in [-0.25, -0.2) is 0 Å². The van der Waals surface area contributed by atoms with Crippen LogP contribution < -0.4 is 4.74 Å². The van der Waals surface area contributed by atoms with Crippen LogP contribution in [0.3, 0.4) is 0 Å². The Morgan fingerprint density at radius 2 is 1.79 bits per heavy atom. The fourth-order valence-electron chi connectivity index (χ4n) is 3.56. The number of carboxylic acid groups (broad SMARTS) is 1. The van der Waals surface area contributed by atoms with Crippen LogP contribution in [-0.4, -0.2) is 16.2 Å². The highest BCUT2D eigenvalue weighted by atomic mass is 19.4. The monoisotopic (exact) mass is 471 g/mol. The molecule has 34 heavy (non-hydrogen) atoms. The number of aliphatic carboxylic acids is 1. The predicted octanol–water partition coefficient (Wildman–Crippen LogP) is 6.45. The van der Waals surface area contributed by atoms with E-state index in [1.807, 2.05) is 0 Å². The zero-order chi connectivity index (χ0) is 24.3. The van der Waals surface area contributed by atoms with Gasteiger partial charge in [-0.2, -0.15) is 13.2 Å². The summed E-state index contributed by atoms with van der Waals surface area (Å²) in [7, 11) is 0. The average Bonchev–Trinajstić information content (AvgIpc) is 3.46. The molecule has 4 rings (SSSR count). The first-order valence-corrected chi connectivity index (χ1v) is 10.3. The first-order chi connectivity index (χ1) is 16.2. The highest BCUT2D eigenvalue weighted by molar-refractivity contribution is 5.69. The summed E-state index contributed by atoms with van der Waals surface area (Å²) in [5, 5.41) is 13.1. The zero-order valence-electron chi connectivity index (χ0n) is 18.0. The zero-order valence-corrected chi connectivity index (χ0v) is 18.0. The molecule has 6 nitrogen and oxygen atoms in total. The molecule has 0 fully saturated rings. The van der Waals surface area contributed by atoms with Gasteiger partial charge in [0.2, 0.25) is 0 Å². The average molecular weight is 471 g/mol. The van der Waals surface area contributed by atoms with E-state index < -0.39 is 23.6 Å². The summed E-state index contributed by atoms with van der Waals surface area (Å²) in [6.45, 7) is 1.95. The molecule has 0 aliphatic rings. The maximum absolute atomic E-state index is 12.8. The van der Waals surface area contributed by atoms with Crippen LogP contribution in [-0.2, 0) is 17.6 Å². The van der Waals surface area contributed by atoms with E-state index in [1.165, 1.54) is 18.4 Å². The summed E-state index contributed by atoms with van der Waals surface area (Å²) in [6, 6.07) is 15.1. The highest BCUT2D eigenvalue weighted by Crippen LogP contribution is 2.33. The van der Waals surface area contributed by atoms with E-state index in [2.05, 4.69) is 5.16 Å². The van der Waals surface area contributed by atoms with Crippen LogP contribution in [0.4, 0.5) is 13.2 Å². The van der Waals surface area contributed by atoms with Crippen molar-refractivity contribution in [1.29, 1.82) is 0 Å². The Bertz CT molecular complexity index is 1240. The fourth-order valence-corrected chi connectivity index (χ4v) is 3.56. The second kappa shape index (κ2) is 9.46. The van der Waals surface area contributed by atoms with E-state index >= 15 is 0 Å². The van der Waals surface area contributed by atoms with Crippen molar-refractivity contribution >= 4 is 5.97 Å². The van der Waals surface area contributed by atoms with Crippen molar-refractivity contribution in [2.45, 2.75) is 32.0 Å². The minimum absolute atomic E-state index is 0.131. The van der Waals surface area contributed by atoms with Crippen molar-refractivity contribution in [3.05, 3.63) is 95.1 Å². The van der Waals surface area contributed by atoms with Gasteiger partial charge in [-0.05, 0) is 42.8 Å². The van der Waals surface area contributed by atoms with Gasteiger partial charge in [-0.15, -0.1) is 0 Å². The number of aromatic nitrogens is 1. The number of carbonyl (C=O) groups is 1. The van der Waals surface area contributed by atoms with Gasteiger partial charge >= 0.3 is 12.1 Å². The summed E-state index contributed by atoms with van der Waals surface area (Å²) in [6.07, 6.45) is -3.13. The van der Waals surface area contributed by atoms with E-state index in [4.69, 9.17) is 13.7 Å². The van der Waals surface area contributed by atoms with Crippen LogP contribution in [0.2, 0.25) is 0 Å². The molecule has 0 aliphatic carbocycles. The number of nitrogens with zero attached hydrogens (tertiary/aromatic N) is 1. The maximum atomic E-state index is 12.8. The third-order valence-corrected chi connectivity index (χ3v) is 5.39. The van der Waals surface area contributed by atoms with Gasteiger partial charge in [0.15, 0.2) is 0 Å². The second-order valence-corrected chi connectivity index (χ2v) is 7.70. The number of carboxylic acids is 1.